The van der Waals surface area contributed by atoms with Gasteiger partial charge < -0.3 is 18.6 Å². The number of carbonyl (C=O) groups is 1. The fourth-order valence-electron chi connectivity index (χ4n) is 2.75. The van der Waals surface area contributed by atoms with Crippen LogP contribution in [0.4, 0.5) is 0 Å². The highest BCUT2D eigenvalue weighted by molar-refractivity contribution is 5.76. The highest BCUT2D eigenvalue weighted by Crippen LogP contribution is 2.30. The molecule has 6 nitrogen and oxygen atoms in total. The number of amides is 1. The van der Waals surface area contributed by atoms with E-state index in [1.807, 2.05) is 49.4 Å². The highest BCUT2D eigenvalue weighted by Gasteiger charge is 2.18. The van der Waals surface area contributed by atoms with Gasteiger partial charge in [0, 0.05) is 12.5 Å². The summed E-state index contributed by atoms with van der Waals surface area (Å²) in [5.74, 6) is 2.12. The first kappa shape index (κ1) is 17.8. The monoisotopic (exact) mass is 354 g/mol. The third-order valence-corrected chi connectivity index (χ3v) is 4.03. The molecule has 0 saturated heterocycles. The Hall–Kier alpha value is -3.02. The fourth-order valence-corrected chi connectivity index (χ4v) is 2.75. The Morgan fingerprint density at radius 1 is 1.19 bits per heavy atom. The van der Waals surface area contributed by atoms with Gasteiger partial charge in [0.25, 0.3) is 0 Å². The molecule has 0 radical (unpaired) electrons. The van der Waals surface area contributed by atoms with Crippen molar-refractivity contribution in [2.24, 2.45) is 0 Å². The van der Waals surface area contributed by atoms with E-state index in [0.29, 0.717) is 36.7 Å². The lowest BCUT2D eigenvalue weighted by atomic mass is 10.1. The molecule has 2 aromatic heterocycles. The van der Waals surface area contributed by atoms with Gasteiger partial charge in [-0.25, -0.2) is 0 Å². The van der Waals surface area contributed by atoms with E-state index in [0.717, 1.165) is 17.7 Å². The molecule has 0 saturated carbocycles. The number of hydrogen-bond donors (Lipinski definition) is 0. The fraction of sp³-hybridized carbons (Fsp3) is 0.300. The van der Waals surface area contributed by atoms with E-state index in [2.05, 4.69) is 5.16 Å². The molecule has 0 bridgehead atoms. The van der Waals surface area contributed by atoms with Gasteiger partial charge in [0.05, 0.1) is 32.0 Å². The first-order chi connectivity index (χ1) is 12.7. The van der Waals surface area contributed by atoms with Gasteiger partial charge in [-0.15, -0.1) is 0 Å². The SMILES string of the molecule is CCCC(=O)N(Cc1cc(-c2ccccc2OC)on1)Cc1ccco1. The van der Waals surface area contributed by atoms with Crippen LogP contribution in [-0.2, 0) is 17.9 Å². The smallest absolute Gasteiger partial charge is 0.223 e. The van der Waals surface area contributed by atoms with E-state index >= 15 is 0 Å². The van der Waals surface area contributed by atoms with E-state index < -0.39 is 0 Å². The average molecular weight is 354 g/mol. The Kier molecular flexibility index (Phi) is 5.73. The largest absolute Gasteiger partial charge is 0.496 e. The maximum absolute atomic E-state index is 12.5. The molecule has 0 unspecified atom stereocenters. The van der Waals surface area contributed by atoms with Gasteiger partial charge in [-0.3, -0.25) is 4.79 Å². The van der Waals surface area contributed by atoms with Crippen molar-refractivity contribution >= 4 is 5.91 Å². The Balaban J connectivity index is 1.79. The molecule has 0 spiro atoms. The van der Waals surface area contributed by atoms with Crippen molar-refractivity contribution in [3.8, 4) is 17.1 Å². The Morgan fingerprint density at radius 2 is 2.04 bits per heavy atom. The van der Waals surface area contributed by atoms with Crippen LogP contribution < -0.4 is 4.74 Å². The minimum absolute atomic E-state index is 0.0609. The summed E-state index contributed by atoms with van der Waals surface area (Å²) in [5, 5.41) is 4.12. The first-order valence-electron chi connectivity index (χ1n) is 8.60. The third kappa shape index (κ3) is 4.14. The molecule has 26 heavy (non-hydrogen) atoms. The predicted molar refractivity (Wildman–Crippen MR) is 96.4 cm³/mol. The number of hydrogen-bond acceptors (Lipinski definition) is 5. The Bertz CT molecular complexity index is 839. The van der Waals surface area contributed by atoms with Crippen LogP contribution in [-0.4, -0.2) is 23.1 Å². The second-order valence-electron chi connectivity index (χ2n) is 5.96. The minimum Gasteiger partial charge on any atom is -0.496 e. The van der Waals surface area contributed by atoms with Crippen LogP contribution in [0.1, 0.15) is 31.2 Å². The van der Waals surface area contributed by atoms with E-state index in [4.69, 9.17) is 13.7 Å². The van der Waals surface area contributed by atoms with Crippen molar-refractivity contribution in [2.45, 2.75) is 32.9 Å². The van der Waals surface area contributed by atoms with Crippen LogP contribution in [0.2, 0.25) is 0 Å². The van der Waals surface area contributed by atoms with Crippen LogP contribution in [0.3, 0.4) is 0 Å². The summed E-state index contributed by atoms with van der Waals surface area (Å²) < 4.78 is 16.2. The Morgan fingerprint density at radius 3 is 2.77 bits per heavy atom. The molecule has 2 heterocycles. The molecule has 0 aliphatic rings. The summed E-state index contributed by atoms with van der Waals surface area (Å²) in [6, 6.07) is 13.1. The van der Waals surface area contributed by atoms with Crippen LogP contribution in [0.5, 0.6) is 5.75 Å². The number of ether oxygens (including phenoxy) is 1. The molecule has 1 amide bonds. The second-order valence-corrected chi connectivity index (χ2v) is 5.96. The molecule has 0 fully saturated rings. The molecule has 3 rings (SSSR count). The zero-order chi connectivity index (χ0) is 18.4. The van der Waals surface area contributed by atoms with Gasteiger partial charge in [0.2, 0.25) is 5.91 Å². The van der Waals surface area contributed by atoms with Gasteiger partial charge >= 0.3 is 0 Å². The third-order valence-electron chi connectivity index (χ3n) is 4.03. The number of benzene rings is 1. The lowest BCUT2D eigenvalue weighted by Crippen LogP contribution is -2.29. The van der Waals surface area contributed by atoms with E-state index in [-0.39, 0.29) is 5.91 Å². The zero-order valence-electron chi connectivity index (χ0n) is 15.0. The van der Waals surface area contributed by atoms with Gasteiger partial charge in [-0.05, 0) is 30.7 Å². The molecule has 3 aromatic rings. The summed E-state index contributed by atoms with van der Waals surface area (Å²) in [6.45, 7) is 2.75. The number of aromatic nitrogens is 1. The summed E-state index contributed by atoms with van der Waals surface area (Å²) in [6.07, 6.45) is 2.88. The van der Waals surface area contributed by atoms with Gasteiger partial charge in [-0.2, -0.15) is 0 Å². The van der Waals surface area contributed by atoms with E-state index in [9.17, 15) is 4.79 Å². The van der Waals surface area contributed by atoms with Crippen LogP contribution >= 0.6 is 0 Å². The first-order valence-corrected chi connectivity index (χ1v) is 8.60. The lowest BCUT2D eigenvalue weighted by molar-refractivity contribution is -0.132. The lowest BCUT2D eigenvalue weighted by Gasteiger charge is -2.20. The quantitative estimate of drug-likeness (QED) is 0.604. The standard InChI is InChI=1S/C20H22N2O4/c1-3-7-20(23)22(14-16-8-6-11-25-16)13-15-12-19(26-21-15)17-9-4-5-10-18(17)24-2/h4-6,8-12H,3,7,13-14H2,1-2H3. The van der Waals surface area contributed by atoms with Crippen LogP contribution in [0.15, 0.2) is 57.7 Å². The molecular formula is C20H22N2O4. The van der Waals surface area contributed by atoms with Gasteiger partial charge in [0.15, 0.2) is 5.76 Å². The molecule has 6 heteroatoms. The summed E-state index contributed by atoms with van der Waals surface area (Å²) in [5.41, 5.74) is 1.51. The summed E-state index contributed by atoms with van der Waals surface area (Å²) >= 11 is 0. The number of rotatable bonds is 8. The van der Waals surface area contributed by atoms with Crippen molar-refractivity contribution in [3.63, 3.8) is 0 Å². The molecule has 0 aliphatic heterocycles. The zero-order valence-corrected chi connectivity index (χ0v) is 15.0. The van der Waals surface area contributed by atoms with Crippen molar-refractivity contribution in [2.75, 3.05) is 7.11 Å². The maximum atomic E-state index is 12.5. The van der Waals surface area contributed by atoms with E-state index in [1.165, 1.54) is 0 Å². The average Bonchev–Trinajstić information content (AvgIpc) is 3.33. The molecule has 0 atom stereocenters. The number of nitrogens with zero attached hydrogens (tertiary/aromatic N) is 2. The minimum atomic E-state index is 0.0609. The van der Waals surface area contributed by atoms with Gasteiger partial charge in [-0.1, -0.05) is 24.2 Å². The van der Waals surface area contributed by atoms with Crippen molar-refractivity contribution in [1.29, 1.82) is 0 Å². The topological polar surface area (TPSA) is 68.7 Å². The predicted octanol–water partition coefficient (Wildman–Crippen LogP) is 4.27. The van der Waals surface area contributed by atoms with Crippen LogP contribution in [0, 0.1) is 0 Å². The number of para-hydroxylation sites is 1. The van der Waals surface area contributed by atoms with Crippen LogP contribution in [0.25, 0.3) is 11.3 Å². The number of methoxy groups -OCH3 is 1. The summed E-state index contributed by atoms with van der Waals surface area (Å²) in [4.78, 5) is 14.2. The molecule has 0 N–H and O–H groups in total. The highest BCUT2D eigenvalue weighted by atomic mass is 16.5. The second kappa shape index (κ2) is 8.38. The Labute approximate surface area is 152 Å². The van der Waals surface area contributed by atoms with E-state index in [1.54, 1.807) is 18.3 Å². The van der Waals surface area contributed by atoms with Crippen molar-refractivity contribution in [1.82, 2.24) is 10.1 Å². The number of furan rings is 1. The molecule has 136 valence electrons. The summed E-state index contributed by atoms with van der Waals surface area (Å²) in [7, 11) is 1.62. The van der Waals surface area contributed by atoms with Crippen molar-refractivity contribution in [3.05, 3.63) is 60.2 Å². The molecular weight excluding hydrogens is 332 g/mol. The van der Waals surface area contributed by atoms with Gasteiger partial charge in [0.1, 0.15) is 17.2 Å². The molecule has 0 aliphatic carbocycles. The van der Waals surface area contributed by atoms with Crippen molar-refractivity contribution < 1.29 is 18.5 Å². The maximum Gasteiger partial charge on any atom is 0.223 e. The normalized spacial score (nSPS) is 10.7. The number of carbonyl (C=O) groups excluding carboxylic acids is 1. The molecule has 1 aromatic carbocycles.